The summed E-state index contributed by atoms with van der Waals surface area (Å²) in [5.74, 6) is 1.08. The first kappa shape index (κ1) is 18.6. The van der Waals surface area contributed by atoms with E-state index in [1.165, 1.54) is 0 Å². The average molecular weight is 365 g/mol. The molecule has 3 rings (SSSR count). The highest BCUT2D eigenvalue weighted by Gasteiger charge is 2.24. The van der Waals surface area contributed by atoms with Crippen molar-refractivity contribution in [3.8, 4) is 5.75 Å². The smallest absolute Gasteiger partial charge is 0.225 e. The summed E-state index contributed by atoms with van der Waals surface area (Å²) in [6.07, 6.45) is 0.197. The normalized spacial score (nSPS) is 12.0. The molecule has 1 atom stereocenters. The Hall–Kier alpha value is -3.15. The van der Waals surface area contributed by atoms with Gasteiger partial charge in [0.2, 0.25) is 17.7 Å². The van der Waals surface area contributed by atoms with E-state index in [9.17, 15) is 4.79 Å². The van der Waals surface area contributed by atoms with E-state index < -0.39 is 0 Å². The lowest BCUT2D eigenvalue weighted by molar-refractivity contribution is -0.116. The van der Waals surface area contributed by atoms with Gasteiger partial charge in [-0.25, -0.2) is 0 Å². The molecule has 140 valence electrons. The zero-order valence-corrected chi connectivity index (χ0v) is 15.7. The van der Waals surface area contributed by atoms with Crippen LogP contribution in [0.4, 0.5) is 5.69 Å². The number of nitrogens with zero attached hydrogens (tertiary/aromatic N) is 2. The third kappa shape index (κ3) is 4.94. The number of carbonyl (C=O) groups excluding carboxylic acids is 1. The number of rotatable bonds is 7. The van der Waals surface area contributed by atoms with Crippen LogP contribution in [0.2, 0.25) is 0 Å². The number of carbonyl (C=O) groups is 1. The van der Waals surface area contributed by atoms with Crippen LogP contribution in [-0.2, 0) is 4.79 Å². The Balaban J connectivity index is 1.80. The van der Waals surface area contributed by atoms with Gasteiger partial charge in [-0.15, -0.1) is 10.2 Å². The van der Waals surface area contributed by atoms with Gasteiger partial charge in [0.25, 0.3) is 0 Å². The third-order valence-electron chi connectivity index (χ3n) is 3.96. The van der Waals surface area contributed by atoms with Gasteiger partial charge < -0.3 is 14.5 Å². The van der Waals surface area contributed by atoms with Gasteiger partial charge in [-0.3, -0.25) is 4.79 Å². The fourth-order valence-electron chi connectivity index (χ4n) is 2.80. The van der Waals surface area contributed by atoms with Crippen LogP contribution in [0, 0.1) is 6.92 Å². The molecule has 6 heteroatoms. The molecule has 1 aromatic heterocycles. The summed E-state index contributed by atoms with van der Waals surface area (Å²) in [5.41, 5.74) is 1.59. The molecule has 1 unspecified atom stereocenters. The van der Waals surface area contributed by atoms with Crippen LogP contribution in [0.3, 0.4) is 0 Å². The summed E-state index contributed by atoms with van der Waals surface area (Å²) in [5, 5.41) is 11.0. The van der Waals surface area contributed by atoms with Gasteiger partial charge in [0.1, 0.15) is 5.75 Å². The molecule has 3 aromatic rings. The van der Waals surface area contributed by atoms with Crippen LogP contribution in [0.25, 0.3) is 0 Å². The molecule has 0 radical (unpaired) electrons. The van der Waals surface area contributed by atoms with Gasteiger partial charge in [-0.05, 0) is 31.5 Å². The Morgan fingerprint density at radius 2 is 1.78 bits per heavy atom. The van der Waals surface area contributed by atoms with E-state index in [4.69, 9.17) is 9.15 Å². The van der Waals surface area contributed by atoms with E-state index in [-0.39, 0.29) is 24.3 Å². The Labute approximate surface area is 158 Å². The Morgan fingerprint density at radius 3 is 2.44 bits per heavy atom. The Bertz CT molecular complexity index is 890. The second-order valence-corrected chi connectivity index (χ2v) is 6.54. The van der Waals surface area contributed by atoms with Crippen molar-refractivity contribution in [3.63, 3.8) is 0 Å². The first-order valence-electron chi connectivity index (χ1n) is 8.93. The number of nitrogens with one attached hydrogen (secondary N) is 1. The molecule has 0 fully saturated rings. The van der Waals surface area contributed by atoms with Crippen molar-refractivity contribution in [1.29, 1.82) is 0 Å². The van der Waals surface area contributed by atoms with Gasteiger partial charge in [0.15, 0.2) is 0 Å². The van der Waals surface area contributed by atoms with Crippen molar-refractivity contribution < 1.29 is 13.9 Å². The number of ether oxygens (including phenoxy) is 1. The summed E-state index contributed by atoms with van der Waals surface area (Å²) in [7, 11) is 0. The van der Waals surface area contributed by atoms with Crippen molar-refractivity contribution in [2.75, 3.05) is 5.32 Å². The highest BCUT2D eigenvalue weighted by atomic mass is 16.5. The van der Waals surface area contributed by atoms with Crippen LogP contribution >= 0.6 is 0 Å². The molecular formula is C21H23N3O3. The number of para-hydroxylation sites is 2. The lowest BCUT2D eigenvalue weighted by Crippen LogP contribution is -2.18. The predicted molar refractivity (Wildman–Crippen MR) is 103 cm³/mol. The number of hydrogen-bond donors (Lipinski definition) is 1. The first-order chi connectivity index (χ1) is 13.0. The minimum absolute atomic E-state index is 0.0153. The lowest BCUT2D eigenvalue weighted by Gasteiger charge is -2.17. The van der Waals surface area contributed by atoms with Crippen LogP contribution in [-0.4, -0.2) is 22.2 Å². The van der Waals surface area contributed by atoms with Crippen LogP contribution < -0.4 is 10.1 Å². The van der Waals surface area contributed by atoms with Crippen molar-refractivity contribution in [3.05, 3.63) is 71.9 Å². The number of aryl methyl sites for hydroxylation is 1. The summed E-state index contributed by atoms with van der Waals surface area (Å²) < 4.78 is 11.4. The van der Waals surface area contributed by atoms with Crippen LogP contribution in [0.5, 0.6) is 5.75 Å². The van der Waals surface area contributed by atoms with Crippen molar-refractivity contribution in [2.24, 2.45) is 0 Å². The van der Waals surface area contributed by atoms with Crippen LogP contribution in [0.1, 0.15) is 43.5 Å². The van der Waals surface area contributed by atoms with E-state index in [1.807, 2.05) is 68.4 Å². The van der Waals surface area contributed by atoms with E-state index in [1.54, 1.807) is 6.92 Å². The zero-order chi connectivity index (χ0) is 19.2. The maximum atomic E-state index is 12.8. The molecule has 0 aliphatic carbocycles. The van der Waals surface area contributed by atoms with Gasteiger partial charge in [-0.2, -0.15) is 0 Å². The Kier molecular flexibility index (Phi) is 5.86. The summed E-state index contributed by atoms with van der Waals surface area (Å²) in [4.78, 5) is 12.8. The number of benzene rings is 2. The molecule has 1 heterocycles. The van der Waals surface area contributed by atoms with Gasteiger partial charge in [0.05, 0.1) is 17.7 Å². The third-order valence-corrected chi connectivity index (χ3v) is 3.96. The molecule has 1 amide bonds. The quantitative estimate of drug-likeness (QED) is 0.674. The minimum Gasteiger partial charge on any atom is -0.489 e. The number of anilines is 1. The molecule has 1 N–H and O–H groups in total. The van der Waals surface area contributed by atoms with Gasteiger partial charge in [0, 0.05) is 13.3 Å². The van der Waals surface area contributed by atoms with Gasteiger partial charge >= 0.3 is 0 Å². The van der Waals surface area contributed by atoms with Crippen LogP contribution in [0.15, 0.2) is 59.0 Å². The van der Waals surface area contributed by atoms with E-state index in [0.29, 0.717) is 23.2 Å². The molecule has 0 spiro atoms. The van der Waals surface area contributed by atoms with Gasteiger partial charge in [-0.1, -0.05) is 42.5 Å². The number of aromatic nitrogens is 2. The molecule has 6 nitrogen and oxygen atoms in total. The summed E-state index contributed by atoms with van der Waals surface area (Å²) in [6.45, 7) is 5.63. The summed E-state index contributed by atoms with van der Waals surface area (Å²) in [6, 6.07) is 17.1. The predicted octanol–water partition coefficient (Wildman–Crippen LogP) is 4.33. The Morgan fingerprint density at radius 1 is 1.07 bits per heavy atom. The molecule has 0 saturated carbocycles. The van der Waals surface area contributed by atoms with Crippen molar-refractivity contribution >= 4 is 11.6 Å². The first-order valence-corrected chi connectivity index (χ1v) is 8.93. The maximum Gasteiger partial charge on any atom is 0.225 e. The van der Waals surface area contributed by atoms with E-state index in [0.717, 1.165) is 5.56 Å². The molecular weight excluding hydrogens is 342 g/mol. The highest BCUT2D eigenvalue weighted by molar-refractivity contribution is 5.93. The molecule has 0 aliphatic heterocycles. The molecule has 2 aromatic carbocycles. The SMILES string of the molecule is Cc1nnc(C(CC(=O)Nc2ccccc2OC(C)C)c2ccccc2)o1. The van der Waals surface area contributed by atoms with Crippen molar-refractivity contribution in [2.45, 2.75) is 39.2 Å². The maximum absolute atomic E-state index is 12.8. The average Bonchev–Trinajstić information content (AvgIpc) is 3.08. The largest absolute Gasteiger partial charge is 0.489 e. The molecule has 0 bridgehead atoms. The molecule has 0 aliphatic rings. The monoisotopic (exact) mass is 365 g/mol. The molecule has 27 heavy (non-hydrogen) atoms. The number of hydrogen-bond acceptors (Lipinski definition) is 5. The van der Waals surface area contributed by atoms with E-state index in [2.05, 4.69) is 15.5 Å². The minimum atomic E-state index is -0.314. The standard InChI is InChI=1S/C21H23N3O3/c1-14(2)26-19-12-8-7-11-18(19)22-20(25)13-17(16-9-5-4-6-10-16)21-24-23-15(3)27-21/h4-12,14,17H,13H2,1-3H3,(H,22,25). The molecule has 0 saturated heterocycles. The second kappa shape index (κ2) is 8.49. The fraction of sp³-hybridized carbons (Fsp3) is 0.286. The van der Waals surface area contributed by atoms with Crippen molar-refractivity contribution in [1.82, 2.24) is 10.2 Å². The second-order valence-electron chi connectivity index (χ2n) is 6.54. The topological polar surface area (TPSA) is 77.2 Å². The highest BCUT2D eigenvalue weighted by Crippen LogP contribution is 2.29. The van der Waals surface area contributed by atoms with E-state index >= 15 is 0 Å². The summed E-state index contributed by atoms with van der Waals surface area (Å²) >= 11 is 0. The lowest BCUT2D eigenvalue weighted by atomic mass is 9.95. The number of amides is 1. The zero-order valence-electron chi connectivity index (χ0n) is 15.7. The fourth-order valence-corrected chi connectivity index (χ4v) is 2.80.